The first-order valence-electron chi connectivity index (χ1n) is 5.68. The van der Waals surface area contributed by atoms with Gasteiger partial charge in [-0.25, -0.2) is 4.98 Å². The Balaban J connectivity index is 1.78. The predicted octanol–water partition coefficient (Wildman–Crippen LogP) is 1.21. The molecule has 4 nitrogen and oxygen atoms in total. The maximum atomic E-state index is 11.8. The number of amides is 1. The highest BCUT2D eigenvalue weighted by Gasteiger charge is 2.19. The molecule has 0 bridgehead atoms. The van der Waals surface area contributed by atoms with Crippen molar-refractivity contribution in [2.24, 2.45) is 0 Å². The molecule has 1 aliphatic rings. The Morgan fingerprint density at radius 1 is 1.69 bits per heavy atom. The van der Waals surface area contributed by atoms with E-state index in [0.717, 1.165) is 30.1 Å². The van der Waals surface area contributed by atoms with Crippen LogP contribution in [0, 0.1) is 6.92 Å². The molecule has 1 amide bonds. The van der Waals surface area contributed by atoms with E-state index in [1.54, 1.807) is 11.3 Å². The zero-order valence-corrected chi connectivity index (χ0v) is 10.3. The molecule has 16 heavy (non-hydrogen) atoms. The summed E-state index contributed by atoms with van der Waals surface area (Å²) in [5, 5.41) is 9.19. The van der Waals surface area contributed by atoms with Crippen LogP contribution in [-0.4, -0.2) is 23.5 Å². The van der Waals surface area contributed by atoms with Gasteiger partial charge < -0.3 is 10.6 Å². The van der Waals surface area contributed by atoms with Gasteiger partial charge in [-0.3, -0.25) is 4.79 Å². The minimum absolute atomic E-state index is 0.00603. The molecule has 1 aliphatic heterocycles. The molecule has 0 aromatic carbocycles. The summed E-state index contributed by atoms with van der Waals surface area (Å²) in [5.74, 6) is 0.102. The highest BCUT2D eigenvalue weighted by molar-refractivity contribution is 7.09. The van der Waals surface area contributed by atoms with Crippen LogP contribution >= 0.6 is 11.3 Å². The lowest BCUT2D eigenvalue weighted by molar-refractivity contribution is -0.123. The Bertz CT molecular complexity index is 358. The van der Waals surface area contributed by atoms with Gasteiger partial charge in [0.1, 0.15) is 0 Å². The molecular weight excluding hydrogens is 222 g/mol. The van der Waals surface area contributed by atoms with Crippen LogP contribution in [0.4, 0.5) is 0 Å². The number of aromatic nitrogens is 1. The average Bonchev–Trinajstić information content (AvgIpc) is 2.73. The van der Waals surface area contributed by atoms with E-state index >= 15 is 0 Å². The van der Waals surface area contributed by atoms with Crippen LogP contribution in [-0.2, 0) is 11.3 Å². The molecular formula is C11H17N3OS. The summed E-state index contributed by atoms with van der Waals surface area (Å²) in [4.78, 5) is 16.1. The Kier molecular flexibility index (Phi) is 3.90. The second kappa shape index (κ2) is 5.41. The molecule has 0 aliphatic carbocycles. The van der Waals surface area contributed by atoms with E-state index in [4.69, 9.17) is 0 Å². The SMILES string of the molecule is Cc1nc(CNC(=O)C2CCCCN2)cs1. The first-order valence-corrected chi connectivity index (χ1v) is 6.56. The van der Waals surface area contributed by atoms with Crippen molar-refractivity contribution in [2.45, 2.75) is 38.8 Å². The van der Waals surface area contributed by atoms with Gasteiger partial charge in [0.05, 0.1) is 23.3 Å². The third-order valence-corrected chi connectivity index (χ3v) is 3.56. The maximum absolute atomic E-state index is 11.8. The predicted molar refractivity (Wildman–Crippen MR) is 64.3 cm³/mol. The van der Waals surface area contributed by atoms with E-state index in [2.05, 4.69) is 15.6 Å². The van der Waals surface area contributed by atoms with Crippen LogP contribution in [0.2, 0.25) is 0 Å². The van der Waals surface area contributed by atoms with Crippen molar-refractivity contribution in [3.05, 3.63) is 16.1 Å². The molecule has 2 N–H and O–H groups in total. The van der Waals surface area contributed by atoms with Gasteiger partial charge in [-0.05, 0) is 26.3 Å². The number of aryl methyl sites for hydroxylation is 1. The van der Waals surface area contributed by atoms with Crippen molar-refractivity contribution in [2.75, 3.05) is 6.54 Å². The number of piperidine rings is 1. The van der Waals surface area contributed by atoms with Gasteiger partial charge in [0.25, 0.3) is 0 Å². The fraction of sp³-hybridized carbons (Fsp3) is 0.636. The van der Waals surface area contributed by atoms with Crippen molar-refractivity contribution in [1.29, 1.82) is 0 Å². The molecule has 1 fully saturated rings. The molecule has 1 saturated heterocycles. The summed E-state index contributed by atoms with van der Waals surface area (Å²) in [7, 11) is 0. The molecule has 0 radical (unpaired) electrons. The van der Waals surface area contributed by atoms with Crippen LogP contribution < -0.4 is 10.6 Å². The van der Waals surface area contributed by atoms with E-state index < -0.39 is 0 Å². The smallest absolute Gasteiger partial charge is 0.237 e. The summed E-state index contributed by atoms with van der Waals surface area (Å²) in [5.41, 5.74) is 0.951. The zero-order valence-electron chi connectivity index (χ0n) is 9.45. The van der Waals surface area contributed by atoms with Crippen molar-refractivity contribution in [3.63, 3.8) is 0 Å². The van der Waals surface area contributed by atoms with Crippen LogP contribution in [0.3, 0.4) is 0 Å². The number of carbonyl (C=O) groups excluding carboxylic acids is 1. The number of rotatable bonds is 3. The van der Waals surface area contributed by atoms with E-state index in [-0.39, 0.29) is 11.9 Å². The van der Waals surface area contributed by atoms with Crippen LogP contribution in [0.15, 0.2) is 5.38 Å². The zero-order chi connectivity index (χ0) is 11.4. The number of thiazole rings is 1. The highest BCUT2D eigenvalue weighted by atomic mass is 32.1. The van der Waals surface area contributed by atoms with E-state index in [9.17, 15) is 4.79 Å². The fourth-order valence-corrected chi connectivity index (χ4v) is 2.48. The van der Waals surface area contributed by atoms with Gasteiger partial charge in [0, 0.05) is 5.38 Å². The molecule has 5 heteroatoms. The van der Waals surface area contributed by atoms with Gasteiger partial charge in [0.15, 0.2) is 0 Å². The second-order valence-corrected chi connectivity index (χ2v) is 5.14. The van der Waals surface area contributed by atoms with Crippen molar-refractivity contribution in [1.82, 2.24) is 15.6 Å². The van der Waals surface area contributed by atoms with Crippen LogP contribution in [0.25, 0.3) is 0 Å². The molecule has 88 valence electrons. The highest BCUT2D eigenvalue weighted by Crippen LogP contribution is 2.09. The molecule has 1 unspecified atom stereocenters. The molecule has 1 aromatic rings. The van der Waals surface area contributed by atoms with Crippen LogP contribution in [0.5, 0.6) is 0 Å². The van der Waals surface area contributed by atoms with Gasteiger partial charge >= 0.3 is 0 Å². The summed E-state index contributed by atoms with van der Waals surface area (Å²) in [6, 6.07) is -0.00603. The third kappa shape index (κ3) is 3.02. The lowest BCUT2D eigenvalue weighted by atomic mass is 10.0. The molecule has 2 rings (SSSR count). The lowest BCUT2D eigenvalue weighted by Crippen LogP contribution is -2.46. The Labute approximate surface area is 99.5 Å². The maximum Gasteiger partial charge on any atom is 0.237 e. The minimum atomic E-state index is -0.00603. The monoisotopic (exact) mass is 239 g/mol. The number of nitrogens with one attached hydrogen (secondary N) is 2. The molecule has 1 atom stereocenters. The van der Waals surface area contributed by atoms with E-state index in [1.165, 1.54) is 6.42 Å². The molecule has 2 heterocycles. The van der Waals surface area contributed by atoms with Crippen molar-refractivity contribution < 1.29 is 4.79 Å². The van der Waals surface area contributed by atoms with Crippen LogP contribution in [0.1, 0.15) is 30.0 Å². The normalized spacial score (nSPS) is 20.7. The topological polar surface area (TPSA) is 54.0 Å². The first kappa shape index (κ1) is 11.5. The van der Waals surface area contributed by atoms with Gasteiger partial charge in [0.2, 0.25) is 5.91 Å². The Hall–Kier alpha value is -0.940. The Morgan fingerprint density at radius 3 is 3.19 bits per heavy atom. The number of carbonyl (C=O) groups is 1. The summed E-state index contributed by atoms with van der Waals surface area (Å²) < 4.78 is 0. The summed E-state index contributed by atoms with van der Waals surface area (Å²) >= 11 is 1.61. The number of nitrogens with zero attached hydrogens (tertiary/aromatic N) is 1. The quantitative estimate of drug-likeness (QED) is 0.833. The minimum Gasteiger partial charge on any atom is -0.349 e. The van der Waals surface area contributed by atoms with E-state index in [0.29, 0.717) is 6.54 Å². The molecule has 1 aromatic heterocycles. The summed E-state index contributed by atoms with van der Waals surface area (Å²) in [6.45, 7) is 3.47. The van der Waals surface area contributed by atoms with Gasteiger partial charge in [-0.1, -0.05) is 6.42 Å². The van der Waals surface area contributed by atoms with Gasteiger partial charge in [-0.15, -0.1) is 11.3 Å². The first-order chi connectivity index (χ1) is 7.75. The number of hydrogen-bond donors (Lipinski definition) is 2. The summed E-state index contributed by atoms with van der Waals surface area (Å²) in [6.07, 6.45) is 3.26. The standard InChI is InChI=1S/C11H17N3OS/c1-8-14-9(7-16-8)6-13-11(15)10-4-2-3-5-12-10/h7,10,12H,2-6H2,1H3,(H,13,15). The Morgan fingerprint density at radius 2 is 2.56 bits per heavy atom. The lowest BCUT2D eigenvalue weighted by Gasteiger charge is -2.22. The van der Waals surface area contributed by atoms with Gasteiger partial charge in [-0.2, -0.15) is 0 Å². The molecule has 0 saturated carbocycles. The second-order valence-electron chi connectivity index (χ2n) is 4.08. The van der Waals surface area contributed by atoms with Crippen molar-refractivity contribution in [3.8, 4) is 0 Å². The third-order valence-electron chi connectivity index (χ3n) is 2.74. The number of hydrogen-bond acceptors (Lipinski definition) is 4. The fourth-order valence-electron chi connectivity index (χ4n) is 1.87. The molecule has 0 spiro atoms. The van der Waals surface area contributed by atoms with Crippen molar-refractivity contribution >= 4 is 17.2 Å². The largest absolute Gasteiger partial charge is 0.349 e. The average molecular weight is 239 g/mol. The van der Waals surface area contributed by atoms with E-state index in [1.807, 2.05) is 12.3 Å².